The van der Waals surface area contributed by atoms with Crippen molar-refractivity contribution in [2.75, 3.05) is 36.4 Å². The molecule has 0 aromatic rings. The number of nitrogens with one attached hydrogen (secondary N) is 1. The zero-order valence-electron chi connectivity index (χ0n) is 9.54. The van der Waals surface area contributed by atoms with Gasteiger partial charge in [0.05, 0.1) is 18.1 Å². The van der Waals surface area contributed by atoms with E-state index < -0.39 is 9.84 Å². The maximum absolute atomic E-state index is 10.7. The lowest BCUT2D eigenvalue weighted by molar-refractivity contribution is 0.0547. The average Bonchev–Trinajstić information content (AvgIpc) is 2.15. The van der Waals surface area contributed by atoms with Crippen LogP contribution in [0.1, 0.15) is 13.8 Å². The van der Waals surface area contributed by atoms with Crippen LogP contribution in [-0.4, -0.2) is 44.8 Å². The van der Waals surface area contributed by atoms with Gasteiger partial charge in [-0.1, -0.05) is 6.92 Å². The van der Waals surface area contributed by atoms with Gasteiger partial charge in [0, 0.05) is 18.3 Å². The molecule has 0 fully saturated rings. The highest BCUT2D eigenvalue weighted by atomic mass is 35.5. The third-order valence-electron chi connectivity index (χ3n) is 1.17. The van der Waals surface area contributed by atoms with E-state index in [2.05, 4.69) is 5.48 Å². The second-order valence-corrected chi connectivity index (χ2v) is 5.52. The van der Waals surface area contributed by atoms with Gasteiger partial charge >= 0.3 is 0 Å². The fraction of sp³-hybridized carbons (Fsp3) is 1.00. The van der Waals surface area contributed by atoms with Gasteiger partial charge in [-0.2, -0.15) is 0 Å². The minimum absolute atomic E-state index is 0. The Balaban J connectivity index is -0.000000214. The van der Waals surface area contributed by atoms with Crippen molar-refractivity contribution in [1.29, 1.82) is 0 Å². The summed E-state index contributed by atoms with van der Waals surface area (Å²) < 4.78 is 21.3. The largest absolute Gasteiger partial charge is 0.302 e. The maximum atomic E-state index is 10.7. The summed E-state index contributed by atoms with van der Waals surface area (Å²) in [7, 11) is -2.95. The quantitative estimate of drug-likeness (QED) is 0.442. The fourth-order valence-corrected chi connectivity index (χ4v) is 2.63. The molecule has 0 radical (unpaired) electrons. The van der Waals surface area contributed by atoms with Crippen LogP contribution in [0.2, 0.25) is 0 Å². The maximum Gasteiger partial charge on any atom is 0.152 e. The molecular formula is C8H20Cl3NO3S. The lowest BCUT2D eigenvalue weighted by Crippen LogP contribution is -2.12. The molecule has 0 atom stereocenters. The Labute approximate surface area is 114 Å². The monoisotopic (exact) mass is 315 g/mol. The van der Waals surface area contributed by atoms with Gasteiger partial charge in [-0.05, 0) is 6.92 Å². The van der Waals surface area contributed by atoms with Crippen molar-refractivity contribution in [3.8, 4) is 0 Å². The van der Waals surface area contributed by atoms with Crippen molar-refractivity contribution in [1.82, 2.24) is 5.48 Å². The van der Waals surface area contributed by atoms with E-state index in [4.69, 9.17) is 28.0 Å². The molecule has 8 heteroatoms. The van der Waals surface area contributed by atoms with E-state index in [0.717, 1.165) is 13.2 Å². The van der Waals surface area contributed by atoms with Crippen LogP contribution in [0.15, 0.2) is 0 Å². The molecule has 0 aromatic carbocycles. The predicted molar refractivity (Wildman–Crippen MR) is 72.6 cm³/mol. The molecule has 16 heavy (non-hydrogen) atoms. The molecule has 0 saturated heterocycles. The first-order chi connectivity index (χ1) is 7.04. The zero-order chi connectivity index (χ0) is 12.2. The van der Waals surface area contributed by atoms with Gasteiger partial charge < -0.3 is 4.84 Å². The Morgan fingerprint density at radius 2 is 1.56 bits per heavy atom. The molecule has 0 spiro atoms. The summed E-state index contributed by atoms with van der Waals surface area (Å²) in [6, 6.07) is 0. The Hall–Kier alpha value is 0.740. The van der Waals surface area contributed by atoms with Crippen LogP contribution >= 0.6 is 35.6 Å². The fourth-order valence-electron chi connectivity index (χ4n) is 0.541. The molecular weight excluding hydrogens is 297 g/mol. The molecule has 0 heterocycles. The summed E-state index contributed by atoms with van der Waals surface area (Å²) >= 11 is 10.4. The number of sulfone groups is 1. The summed E-state index contributed by atoms with van der Waals surface area (Å²) in [6.45, 7) is 5.57. The molecule has 0 amide bonds. The molecule has 0 rings (SSSR count). The van der Waals surface area contributed by atoms with Gasteiger partial charge in [-0.25, -0.2) is 13.9 Å². The lowest BCUT2D eigenvalue weighted by Gasteiger charge is -1.95. The second-order valence-electron chi connectivity index (χ2n) is 2.46. The summed E-state index contributed by atoms with van der Waals surface area (Å²) in [5.41, 5.74) is 2.70. The van der Waals surface area contributed by atoms with Crippen molar-refractivity contribution in [3.63, 3.8) is 0 Å². The summed E-state index contributed by atoms with van der Waals surface area (Å²) in [6.07, 6.45) is 0. The Morgan fingerprint density at radius 1 is 1.12 bits per heavy atom. The third kappa shape index (κ3) is 20.2. The van der Waals surface area contributed by atoms with Crippen LogP contribution in [0, 0.1) is 0 Å². The summed E-state index contributed by atoms with van der Waals surface area (Å²) in [5.74, 6) is 0.362. The van der Waals surface area contributed by atoms with Crippen molar-refractivity contribution in [2.24, 2.45) is 0 Å². The Morgan fingerprint density at radius 3 is 1.75 bits per heavy atom. The Kier molecular flexibility index (Phi) is 21.6. The van der Waals surface area contributed by atoms with Crippen LogP contribution in [-0.2, 0) is 14.7 Å². The van der Waals surface area contributed by atoms with E-state index in [-0.39, 0.29) is 35.7 Å². The summed E-state index contributed by atoms with van der Waals surface area (Å²) in [5, 5.41) is 0. The van der Waals surface area contributed by atoms with Crippen LogP contribution in [0.25, 0.3) is 0 Å². The average molecular weight is 317 g/mol. The molecule has 0 aromatic heterocycles. The third-order valence-corrected chi connectivity index (χ3v) is 3.65. The van der Waals surface area contributed by atoms with Gasteiger partial charge in [-0.15, -0.1) is 35.6 Å². The molecule has 0 aliphatic rings. The van der Waals surface area contributed by atoms with Gasteiger partial charge in [-0.3, -0.25) is 0 Å². The molecule has 0 bridgehead atoms. The molecule has 0 unspecified atom stereocenters. The molecule has 102 valence electrons. The highest BCUT2D eigenvalue weighted by Gasteiger charge is 2.06. The highest BCUT2D eigenvalue weighted by molar-refractivity contribution is 7.91. The number of halogens is 3. The number of hydrogen-bond donors (Lipinski definition) is 1. The second kappa shape index (κ2) is 15.7. The summed E-state index contributed by atoms with van der Waals surface area (Å²) in [4.78, 5) is 4.73. The van der Waals surface area contributed by atoms with E-state index in [1.54, 1.807) is 0 Å². The van der Waals surface area contributed by atoms with Gasteiger partial charge in [0.2, 0.25) is 0 Å². The smallest absolute Gasteiger partial charge is 0.152 e. The first-order valence-corrected chi connectivity index (χ1v) is 7.60. The molecule has 1 N–H and O–H groups in total. The molecule has 0 saturated carbocycles. The molecule has 0 aliphatic carbocycles. The lowest BCUT2D eigenvalue weighted by atomic mass is 10.8. The predicted octanol–water partition coefficient (Wildman–Crippen LogP) is 1.85. The van der Waals surface area contributed by atoms with Gasteiger partial charge in [0.1, 0.15) is 0 Å². The van der Waals surface area contributed by atoms with E-state index in [1.165, 1.54) is 0 Å². The first kappa shape index (κ1) is 22.0. The topological polar surface area (TPSA) is 55.4 Å². The van der Waals surface area contributed by atoms with E-state index >= 15 is 0 Å². The van der Waals surface area contributed by atoms with Crippen LogP contribution in [0.5, 0.6) is 0 Å². The molecule has 4 nitrogen and oxygen atoms in total. The van der Waals surface area contributed by atoms with Crippen LogP contribution in [0.4, 0.5) is 0 Å². The number of hydrogen-bond acceptors (Lipinski definition) is 4. The van der Waals surface area contributed by atoms with Gasteiger partial charge in [0.15, 0.2) is 9.84 Å². The number of rotatable bonds is 7. The molecule has 0 aliphatic heterocycles. The standard InChI is InChI=1S/C4H8Cl2O2S.C4H11NO.ClH/c5-1-3-9(7,8)4-2-6;1-3-5-6-4-2;/h1-4H2;5H,3-4H2,1-2H3;1H. The van der Waals surface area contributed by atoms with Crippen molar-refractivity contribution in [3.05, 3.63) is 0 Å². The van der Waals surface area contributed by atoms with Gasteiger partial charge in [0.25, 0.3) is 0 Å². The normalized spacial score (nSPS) is 10.0. The number of alkyl halides is 2. The number of hydroxylamine groups is 1. The van der Waals surface area contributed by atoms with Crippen molar-refractivity contribution in [2.45, 2.75) is 13.8 Å². The highest BCUT2D eigenvalue weighted by Crippen LogP contribution is 1.92. The minimum Gasteiger partial charge on any atom is -0.302 e. The SMILES string of the molecule is CCNOCC.Cl.O=S(=O)(CCCl)CCCl. The van der Waals surface area contributed by atoms with E-state index in [9.17, 15) is 8.42 Å². The zero-order valence-corrected chi connectivity index (χ0v) is 12.7. The van der Waals surface area contributed by atoms with Crippen molar-refractivity contribution < 1.29 is 13.3 Å². The van der Waals surface area contributed by atoms with Crippen LogP contribution < -0.4 is 5.48 Å². The first-order valence-electron chi connectivity index (χ1n) is 4.71. The minimum atomic E-state index is -2.95. The van der Waals surface area contributed by atoms with Crippen molar-refractivity contribution >= 4 is 45.4 Å². The Bertz CT molecular complexity index is 197. The van der Waals surface area contributed by atoms with E-state index in [1.807, 2.05) is 13.8 Å². The van der Waals surface area contributed by atoms with Crippen LogP contribution in [0.3, 0.4) is 0 Å². The van der Waals surface area contributed by atoms with E-state index in [0.29, 0.717) is 0 Å².